The summed E-state index contributed by atoms with van der Waals surface area (Å²) in [4.78, 5) is 4.31. The van der Waals surface area contributed by atoms with Gasteiger partial charge in [-0.25, -0.2) is 4.98 Å². The molecule has 3 nitrogen and oxygen atoms in total. The van der Waals surface area contributed by atoms with Crippen LogP contribution < -0.4 is 11.1 Å². The van der Waals surface area contributed by atoms with Crippen LogP contribution >= 0.6 is 23.5 Å². The van der Waals surface area contributed by atoms with Gasteiger partial charge in [0.15, 0.2) is 0 Å². The topological polar surface area (TPSA) is 50.9 Å². The van der Waals surface area contributed by atoms with Crippen LogP contribution in [-0.2, 0) is 0 Å². The van der Waals surface area contributed by atoms with Gasteiger partial charge in [-0.1, -0.05) is 13.8 Å². The fourth-order valence-electron chi connectivity index (χ4n) is 2.69. The number of anilines is 1. The molecule has 1 aliphatic rings. The van der Waals surface area contributed by atoms with Gasteiger partial charge in [0.05, 0.1) is 0 Å². The molecule has 0 spiro atoms. The highest BCUT2D eigenvalue weighted by molar-refractivity contribution is 8.07. The second-order valence-electron chi connectivity index (χ2n) is 5.27. The van der Waals surface area contributed by atoms with E-state index in [-0.39, 0.29) is 0 Å². The lowest BCUT2D eigenvalue weighted by Crippen LogP contribution is -2.39. The van der Waals surface area contributed by atoms with Gasteiger partial charge >= 0.3 is 0 Å². The normalized spacial score (nSPS) is 24.6. The summed E-state index contributed by atoms with van der Waals surface area (Å²) in [6, 6.07) is 2.37. The van der Waals surface area contributed by atoms with Crippen molar-refractivity contribution in [1.82, 2.24) is 10.3 Å². The first kappa shape index (κ1) is 16.0. The average Bonchev–Trinajstić information content (AvgIpc) is 2.43. The molecular weight excluding hydrogens is 286 g/mol. The van der Waals surface area contributed by atoms with Crippen LogP contribution in [-0.4, -0.2) is 33.5 Å². The molecule has 2 heterocycles. The van der Waals surface area contributed by atoms with Crippen LogP contribution in [0.4, 0.5) is 5.82 Å². The van der Waals surface area contributed by atoms with Crippen molar-refractivity contribution < 1.29 is 0 Å². The summed E-state index contributed by atoms with van der Waals surface area (Å²) >= 11 is 4.15. The van der Waals surface area contributed by atoms with E-state index in [1.54, 1.807) is 6.20 Å². The van der Waals surface area contributed by atoms with Gasteiger partial charge in [0.2, 0.25) is 0 Å². The number of nitrogens with two attached hydrogens (primary N) is 1. The van der Waals surface area contributed by atoms with E-state index in [0.29, 0.717) is 22.4 Å². The third-order valence-corrected chi connectivity index (χ3v) is 6.92. The van der Waals surface area contributed by atoms with Crippen LogP contribution in [0.2, 0.25) is 0 Å². The number of aryl methyl sites for hydroxylation is 1. The molecule has 1 aromatic heterocycles. The first-order valence-corrected chi connectivity index (χ1v) is 9.42. The van der Waals surface area contributed by atoms with Gasteiger partial charge in [-0.15, -0.1) is 0 Å². The SMILES string of the molecule is CCCNC(c1c(C)ccnc1N)C1SCCSC1C. The van der Waals surface area contributed by atoms with Crippen molar-refractivity contribution in [2.45, 2.75) is 43.7 Å². The summed E-state index contributed by atoms with van der Waals surface area (Å²) in [5.74, 6) is 3.16. The van der Waals surface area contributed by atoms with Crippen LogP contribution in [0.1, 0.15) is 37.4 Å². The van der Waals surface area contributed by atoms with E-state index in [9.17, 15) is 0 Å². The molecule has 20 heavy (non-hydrogen) atoms. The lowest BCUT2D eigenvalue weighted by atomic mass is 9.97. The lowest BCUT2D eigenvalue weighted by molar-refractivity contribution is 0.507. The van der Waals surface area contributed by atoms with E-state index in [2.05, 4.69) is 60.7 Å². The van der Waals surface area contributed by atoms with E-state index < -0.39 is 0 Å². The molecule has 0 bridgehead atoms. The number of hydrogen-bond donors (Lipinski definition) is 2. The number of nitrogens with one attached hydrogen (secondary N) is 1. The molecule has 3 N–H and O–H groups in total. The maximum atomic E-state index is 6.18. The second kappa shape index (κ2) is 7.57. The smallest absolute Gasteiger partial charge is 0.128 e. The average molecular weight is 312 g/mol. The fraction of sp³-hybridized carbons (Fsp3) is 0.667. The van der Waals surface area contributed by atoms with Crippen LogP contribution in [0.5, 0.6) is 0 Å². The number of rotatable bonds is 5. The molecule has 3 unspecified atom stereocenters. The Morgan fingerprint density at radius 3 is 2.85 bits per heavy atom. The summed E-state index contributed by atoms with van der Waals surface area (Å²) in [7, 11) is 0. The summed E-state index contributed by atoms with van der Waals surface area (Å²) in [5.41, 5.74) is 8.63. The van der Waals surface area contributed by atoms with Gasteiger partial charge in [0.1, 0.15) is 5.82 Å². The number of thioether (sulfide) groups is 2. The minimum atomic E-state index is 0.302. The summed E-state index contributed by atoms with van der Waals surface area (Å²) in [6.07, 6.45) is 2.94. The van der Waals surface area contributed by atoms with Crippen LogP contribution in [0.25, 0.3) is 0 Å². The molecule has 1 aliphatic heterocycles. The third-order valence-electron chi connectivity index (χ3n) is 3.73. The maximum absolute atomic E-state index is 6.18. The Morgan fingerprint density at radius 1 is 1.45 bits per heavy atom. The van der Waals surface area contributed by atoms with Crippen LogP contribution in [0.15, 0.2) is 12.3 Å². The molecule has 1 saturated heterocycles. The highest BCUT2D eigenvalue weighted by atomic mass is 32.2. The van der Waals surface area contributed by atoms with Crippen molar-refractivity contribution in [3.05, 3.63) is 23.4 Å². The summed E-state index contributed by atoms with van der Waals surface area (Å²) in [5, 5.41) is 4.91. The second-order valence-corrected chi connectivity index (χ2v) is 8.04. The van der Waals surface area contributed by atoms with Gasteiger partial charge in [-0.2, -0.15) is 23.5 Å². The molecule has 5 heteroatoms. The molecule has 1 aromatic rings. The fourth-order valence-corrected chi connectivity index (χ4v) is 5.62. The molecule has 0 amide bonds. The van der Waals surface area contributed by atoms with E-state index in [4.69, 9.17) is 5.73 Å². The Hall–Kier alpha value is -0.390. The van der Waals surface area contributed by atoms with Crippen molar-refractivity contribution in [2.75, 3.05) is 23.8 Å². The molecule has 3 atom stereocenters. The Morgan fingerprint density at radius 2 is 2.20 bits per heavy atom. The van der Waals surface area contributed by atoms with Crippen LogP contribution in [0.3, 0.4) is 0 Å². The first-order chi connectivity index (χ1) is 9.65. The van der Waals surface area contributed by atoms with E-state index >= 15 is 0 Å². The van der Waals surface area contributed by atoms with E-state index in [0.717, 1.165) is 13.0 Å². The van der Waals surface area contributed by atoms with Gasteiger partial charge in [0.25, 0.3) is 0 Å². The van der Waals surface area contributed by atoms with Crippen molar-refractivity contribution >= 4 is 29.3 Å². The Balaban J connectivity index is 2.31. The molecule has 2 rings (SSSR count). The summed E-state index contributed by atoms with van der Waals surface area (Å²) < 4.78 is 0. The Kier molecular flexibility index (Phi) is 6.05. The monoisotopic (exact) mass is 311 g/mol. The molecule has 0 radical (unpaired) electrons. The van der Waals surface area contributed by atoms with Crippen molar-refractivity contribution in [3.63, 3.8) is 0 Å². The van der Waals surface area contributed by atoms with Gasteiger partial charge < -0.3 is 11.1 Å². The van der Waals surface area contributed by atoms with Gasteiger partial charge in [-0.05, 0) is 31.5 Å². The van der Waals surface area contributed by atoms with E-state index in [1.807, 2.05) is 0 Å². The lowest BCUT2D eigenvalue weighted by Gasteiger charge is -2.36. The quantitative estimate of drug-likeness (QED) is 0.874. The first-order valence-electron chi connectivity index (χ1n) is 7.32. The summed E-state index contributed by atoms with van der Waals surface area (Å²) in [6.45, 7) is 7.70. The van der Waals surface area contributed by atoms with E-state index in [1.165, 1.54) is 22.6 Å². The Labute approximate surface area is 130 Å². The number of pyridine rings is 1. The molecule has 0 aliphatic carbocycles. The minimum absolute atomic E-state index is 0.302. The maximum Gasteiger partial charge on any atom is 0.128 e. The zero-order chi connectivity index (χ0) is 14.5. The van der Waals surface area contributed by atoms with Crippen molar-refractivity contribution in [3.8, 4) is 0 Å². The highest BCUT2D eigenvalue weighted by Gasteiger charge is 2.33. The standard InChI is InChI=1S/C15H25N3S2/c1-4-6-17-13(14-11(3)19-8-9-20-14)12-10(2)5-7-18-15(12)16/h5,7,11,13-14,17H,4,6,8-9H2,1-3H3,(H2,16,18). The molecule has 1 fully saturated rings. The Bertz CT molecular complexity index is 419. The van der Waals surface area contributed by atoms with Crippen molar-refractivity contribution in [1.29, 1.82) is 0 Å². The highest BCUT2D eigenvalue weighted by Crippen LogP contribution is 2.40. The zero-order valence-electron chi connectivity index (χ0n) is 12.6. The number of hydrogen-bond acceptors (Lipinski definition) is 5. The largest absolute Gasteiger partial charge is 0.383 e. The number of nitrogens with zero attached hydrogens (tertiary/aromatic N) is 1. The molecule has 112 valence electrons. The predicted octanol–water partition coefficient (Wildman–Crippen LogP) is 3.25. The number of nitrogen functional groups attached to an aromatic ring is 1. The molecular formula is C15H25N3S2. The molecule has 0 saturated carbocycles. The predicted molar refractivity (Wildman–Crippen MR) is 92.6 cm³/mol. The van der Waals surface area contributed by atoms with Crippen LogP contribution in [0, 0.1) is 6.92 Å². The number of aromatic nitrogens is 1. The third kappa shape index (κ3) is 3.62. The van der Waals surface area contributed by atoms with Gasteiger partial charge in [-0.3, -0.25) is 0 Å². The molecule has 0 aromatic carbocycles. The van der Waals surface area contributed by atoms with Crippen molar-refractivity contribution in [2.24, 2.45) is 0 Å². The zero-order valence-corrected chi connectivity index (χ0v) is 14.2. The van der Waals surface area contributed by atoms with Gasteiger partial charge in [0, 0.05) is 39.8 Å². The minimum Gasteiger partial charge on any atom is -0.383 e.